The average molecular weight is 449 g/mol. The molecule has 0 aliphatic carbocycles. The van der Waals surface area contributed by atoms with Crippen LogP contribution in [-0.2, 0) is 0 Å². The highest BCUT2D eigenvalue weighted by Gasteiger charge is 2.23. The number of amides is 1. The van der Waals surface area contributed by atoms with Crippen LogP contribution in [0.2, 0.25) is 5.02 Å². The first-order chi connectivity index (χ1) is 14.3. The van der Waals surface area contributed by atoms with Crippen molar-refractivity contribution < 1.29 is 19.6 Å². The van der Waals surface area contributed by atoms with E-state index in [1.54, 1.807) is 6.07 Å². The summed E-state index contributed by atoms with van der Waals surface area (Å²) in [6, 6.07) is 8.29. The molecule has 0 radical (unpaired) electrons. The molecule has 3 rings (SSSR count). The number of aromatic carboxylic acids is 1. The number of benzene rings is 2. The first kappa shape index (κ1) is 21.5. The Balaban J connectivity index is 1.78. The van der Waals surface area contributed by atoms with E-state index in [-0.39, 0.29) is 26.9 Å². The summed E-state index contributed by atoms with van der Waals surface area (Å²) >= 11 is 11.1. The maximum absolute atomic E-state index is 12.8. The Kier molecular flexibility index (Phi) is 6.48. The lowest BCUT2D eigenvalue weighted by Crippen LogP contribution is -2.35. The maximum atomic E-state index is 12.8. The zero-order valence-corrected chi connectivity index (χ0v) is 17.1. The average Bonchev–Trinajstić information content (AvgIpc) is 3.21. The van der Waals surface area contributed by atoms with Crippen LogP contribution in [0.3, 0.4) is 0 Å². The van der Waals surface area contributed by atoms with E-state index in [0.717, 1.165) is 25.9 Å². The second-order valence-corrected chi connectivity index (χ2v) is 7.38. The Labute approximate surface area is 181 Å². The van der Waals surface area contributed by atoms with Gasteiger partial charge in [-0.2, -0.15) is 0 Å². The number of thiocarbonyl (C=S) groups is 1. The van der Waals surface area contributed by atoms with Gasteiger partial charge in [0.1, 0.15) is 0 Å². The number of nitrogens with zero attached hydrogens (tertiary/aromatic N) is 2. The lowest BCUT2D eigenvalue weighted by Gasteiger charge is -2.21. The number of halogens is 1. The van der Waals surface area contributed by atoms with E-state index < -0.39 is 16.8 Å². The minimum Gasteiger partial charge on any atom is -0.478 e. The molecule has 1 heterocycles. The first-order valence-electron chi connectivity index (χ1n) is 8.95. The van der Waals surface area contributed by atoms with E-state index in [9.17, 15) is 19.7 Å². The molecule has 0 aromatic heterocycles. The highest BCUT2D eigenvalue weighted by molar-refractivity contribution is 7.80. The van der Waals surface area contributed by atoms with Gasteiger partial charge in [-0.25, -0.2) is 4.79 Å². The van der Waals surface area contributed by atoms with Crippen LogP contribution in [0.1, 0.15) is 33.6 Å². The van der Waals surface area contributed by atoms with Gasteiger partial charge in [0, 0.05) is 30.9 Å². The van der Waals surface area contributed by atoms with Crippen molar-refractivity contribution in [1.29, 1.82) is 0 Å². The highest BCUT2D eigenvalue weighted by atomic mass is 35.5. The van der Waals surface area contributed by atoms with Crippen LogP contribution >= 0.6 is 23.8 Å². The largest absolute Gasteiger partial charge is 0.478 e. The number of hydrogen-bond donors (Lipinski definition) is 3. The van der Waals surface area contributed by atoms with E-state index in [4.69, 9.17) is 28.9 Å². The molecule has 3 N–H and O–H groups in total. The molecule has 2 aromatic rings. The van der Waals surface area contributed by atoms with Gasteiger partial charge in [-0.1, -0.05) is 11.6 Å². The lowest BCUT2D eigenvalue weighted by atomic mass is 10.1. The van der Waals surface area contributed by atoms with Gasteiger partial charge in [-0.15, -0.1) is 0 Å². The number of rotatable bonds is 5. The Morgan fingerprint density at radius 1 is 1.13 bits per heavy atom. The summed E-state index contributed by atoms with van der Waals surface area (Å²) < 4.78 is 0. The number of non-ortho nitro benzene ring substituents is 1. The van der Waals surface area contributed by atoms with Crippen LogP contribution in [0.5, 0.6) is 0 Å². The monoisotopic (exact) mass is 448 g/mol. The molecule has 1 aliphatic heterocycles. The molecule has 9 nitrogen and oxygen atoms in total. The second kappa shape index (κ2) is 9.06. The predicted molar refractivity (Wildman–Crippen MR) is 117 cm³/mol. The Hall–Kier alpha value is -3.24. The van der Waals surface area contributed by atoms with Crippen molar-refractivity contribution in [3.63, 3.8) is 0 Å². The van der Waals surface area contributed by atoms with Gasteiger partial charge in [0.2, 0.25) is 0 Å². The Morgan fingerprint density at radius 3 is 2.43 bits per heavy atom. The number of anilines is 2. The summed E-state index contributed by atoms with van der Waals surface area (Å²) in [4.78, 5) is 36.4. The molecule has 0 spiro atoms. The van der Waals surface area contributed by atoms with E-state index >= 15 is 0 Å². The van der Waals surface area contributed by atoms with Crippen molar-refractivity contribution in [3.8, 4) is 0 Å². The number of carbonyl (C=O) groups is 2. The fourth-order valence-corrected chi connectivity index (χ4v) is 3.62. The van der Waals surface area contributed by atoms with E-state index in [1.807, 2.05) is 4.90 Å². The quantitative estimate of drug-likeness (QED) is 0.359. The maximum Gasteiger partial charge on any atom is 0.337 e. The van der Waals surface area contributed by atoms with Crippen LogP contribution in [0.4, 0.5) is 17.1 Å². The standard InChI is InChI=1S/C19H17ClN4O5S/c20-15-9-11(3-5-13(15)18(26)27)21-19(30)22-17(25)14-10-12(24(28)29)4-6-16(14)23-7-1-2-8-23/h3-6,9-10H,1-2,7-8H2,(H,26,27)(H2,21,22,25,30). The summed E-state index contributed by atoms with van der Waals surface area (Å²) in [5.41, 5.74) is 0.873. The fourth-order valence-electron chi connectivity index (χ4n) is 3.15. The molecule has 11 heteroatoms. The Bertz CT molecular complexity index is 1040. The normalized spacial score (nSPS) is 13.0. The summed E-state index contributed by atoms with van der Waals surface area (Å²) in [5, 5.41) is 25.4. The van der Waals surface area contributed by atoms with Crippen molar-refractivity contribution in [2.45, 2.75) is 12.8 Å². The molecular formula is C19H17ClN4O5S. The smallest absolute Gasteiger partial charge is 0.337 e. The molecule has 0 bridgehead atoms. The van der Waals surface area contributed by atoms with E-state index in [2.05, 4.69) is 10.6 Å². The molecule has 1 aliphatic rings. The first-order valence-corrected chi connectivity index (χ1v) is 9.73. The molecule has 1 fully saturated rings. The van der Waals surface area contributed by atoms with Crippen molar-refractivity contribution in [2.24, 2.45) is 0 Å². The number of nitro benzene ring substituents is 1. The van der Waals surface area contributed by atoms with Crippen LogP contribution in [0.25, 0.3) is 0 Å². The minimum absolute atomic E-state index is 0.0108. The minimum atomic E-state index is -1.16. The van der Waals surface area contributed by atoms with Crippen LogP contribution in [-0.4, -0.2) is 40.1 Å². The van der Waals surface area contributed by atoms with Crippen LogP contribution in [0, 0.1) is 10.1 Å². The van der Waals surface area contributed by atoms with Gasteiger partial charge < -0.3 is 15.3 Å². The zero-order chi connectivity index (χ0) is 21.8. The highest BCUT2D eigenvalue weighted by Crippen LogP contribution is 2.28. The fraction of sp³-hybridized carbons (Fsp3) is 0.211. The molecule has 1 saturated heterocycles. The van der Waals surface area contributed by atoms with Crippen LogP contribution in [0.15, 0.2) is 36.4 Å². The molecule has 30 heavy (non-hydrogen) atoms. The van der Waals surface area contributed by atoms with Crippen molar-refractivity contribution in [1.82, 2.24) is 5.32 Å². The van der Waals surface area contributed by atoms with Gasteiger partial charge in [0.05, 0.1) is 26.8 Å². The number of nitrogens with one attached hydrogen (secondary N) is 2. The number of carboxylic acid groups (broad SMARTS) is 1. The molecule has 1 amide bonds. The van der Waals surface area contributed by atoms with Crippen LogP contribution < -0.4 is 15.5 Å². The molecule has 0 atom stereocenters. The van der Waals surface area contributed by atoms with Gasteiger partial charge in [0.15, 0.2) is 5.11 Å². The molecule has 0 saturated carbocycles. The third-order valence-corrected chi connectivity index (χ3v) is 5.08. The number of carboxylic acids is 1. The summed E-state index contributed by atoms with van der Waals surface area (Å²) in [7, 11) is 0. The van der Waals surface area contributed by atoms with E-state index in [0.29, 0.717) is 11.4 Å². The molecule has 2 aromatic carbocycles. The zero-order valence-electron chi connectivity index (χ0n) is 15.6. The topological polar surface area (TPSA) is 125 Å². The van der Waals surface area contributed by atoms with Gasteiger partial charge in [-0.3, -0.25) is 20.2 Å². The predicted octanol–water partition coefficient (Wildman–Crippen LogP) is 3.67. The number of hydrogen-bond acceptors (Lipinski definition) is 6. The van der Waals surface area contributed by atoms with Gasteiger partial charge in [0.25, 0.3) is 11.6 Å². The summed E-state index contributed by atoms with van der Waals surface area (Å²) in [5.74, 6) is -1.76. The van der Waals surface area contributed by atoms with Gasteiger partial charge >= 0.3 is 5.97 Å². The van der Waals surface area contributed by atoms with Crippen molar-refractivity contribution >= 4 is 57.9 Å². The summed E-state index contributed by atoms with van der Waals surface area (Å²) in [6.07, 6.45) is 1.95. The number of carbonyl (C=O) groups excluding carboxylic acids is 1. The van der Waals surface area contributed by atoms with Crippen molar-refractivity contribution in [2.75, 3.05) is 23.3 Å². The molecule has 0 unspecified atom stereocenters. The third-order valence-electron chi connectivity index (χ3n) is 4.57. The molecule has 156 valence electrons. The molecular weight excluding hydrogens is 432 g/mol. The second-order valence-electron chi connectivity index (χ2n) is 6.56. The van der Waals surface area contributed by atoms with Gasteiger partial charge in [-0.05, 0) is 49.3 Å². The van der Waals surface area contributed by atoms with E-state index in [1.165, 1.54) is 30.3 Å². The Morgan fingerprint density at radius 2 is 1.83 bits per heavy atom. The van der Waals surface area contributed by atoms with Crippen molar-refractivity contribution in [3.05, 3.63) is 62.7 Å². The third kappa shape index (κ3) is 4.84. The SMILES string of the molecule is O=C(O)c1ccc(NC(=S)NC(=O)c2cc([N+](=O)[O-])ccc2N2CCCC2)cc1Cl. The number of nitro groups is 1. The summed E-state index contributed by atoms with van der Waals surface area (Å²) in [6.45, 7) is 1.52. The lowest BCUT2D eigenvalue weighted by molar-refractivity contribution is -0.384.